The van der Waals surface area contributed by atoms with E-state index in [0.29, 0.717) is 10.7 Å². The Bertz CT molecular complexity index is 505. The van der Waals surface area contributed by atoms with Crippen molar-refractivity contribution in [2.24, 2.45) is 0 Å². The average molecular weight is 222 g/mol. The normalized spacial score (nSPS) is 10.6. The number of nitrogens with two attached hydrogens (primary N) is 1. The number of hydrogen-bond acceptors (Lipinski definition) is 3. The van der Waals surface area contributed by atoms with Crippen molar-refractivity contribution in [2.45, 2.75) is 13.8 Å². The van der Waals surface area contributed by atoms with Gasteiger partial charge in [-0.05, 0) is 37.1 Å². The molecular formula is C11H11FN2S. The van der Waals surface area contributed by atoms with Crippen LogP contribution in [-0.4, -0.2) is 4.98 Å². The second-order valence-corrected chi connectivity index (χ2v) is 4.54. The SMILES string of the molecule is Cc1cc(F)c(-c2cnc(N)s2)cc1C. The maximum absolute atomic E-state index is 13.7. The molecule has 0 aliphatic rings. The summed E-state index contributed by atoms with van der Waals surface area (Å²) >= 11 is 1.30. The van der Waals surface area contributed by atoms with Crippen LogP contribution in [0.15, 0.2) is 18.3 Å². The molecule has 0 atom stereocenters. The van der Waals surface area contributed by atoms with Crippen molar-refractivity contribution in [3.8, 4) is 10.4 Å². The number of thiazole rings is 1. The van der Waals surface area contributed by atoms with Gasteiger partial charge < -0.3 is 5.73 Å². The Morgan fingerprint density at radius 3 is 2.53 bits per heavy atom. The van der Waals surface area contributed by atoms with Crippen molar-refractivity contribution in [3.63, 3.8) is 0 Å². The fourth-order valence-corrected chi connectivity index (χ4v) is 2.08. The molecule has 78 valence electrons. The molecule has 0 spiro atoms. The van der Waals surface area contributed by atoms with Crippen LogP contribution in [0.25, 0.3) is 10.4 Å². The van der Waals surface area contributed by atoms with Crippen LogP contribution in [0.5, 0.6) is 0 Å². The van der Waals surface area contributed by atoms with Crippen molar-refractivity contribution in [3.05, 3.63) is 35.3 Å². The first-order valence-corrected chi connectivity index (χ1v) is 5.38. The Balaban J connectivity index is 2.58. The number of nitrogen functional groups attached to an aromatic ring is 1. The molecule has 0 bridgehead atoms. The van der Waals surface area contributed by atoms with E-state index in [-0.39, 0.29) is 5.82 Å². The Morgan fingerprint density at radius 1 is 1.27 bits per heavy atom. The number of hydrogen-bond donors (Lipinski definition) is 1. The quantitative estimate of drug-likeness (QED) is 0.805. The monoisotopic (exact) mass is 222 g/mol. The van der Waals surface area contributed by atoms with Gasteiger partial charge in [0.25, 0.3) is 0 Å². The Morgan fingerprint density at radius 2 is 1.93 bits per heavy atom. The van der Waals surface area contributed by atoms with E-state index in [1.165, 1.54) is 11.3 Å². The fourth-order valence-electron chi connectivity index (χ4n) is 1.38. The Hall–Kier alpha value is -1.42. The summed E-state index contributed by atoms with van der Waals surface area (Å²) in [6.07, 6.45) is 1.60. The van der Waals surface area contributed by atoms with Crippen LogP contribution in [0.2, 0.25) is 0 Å². The summed E-state index contributed by atoms with van der Waals surface area (Å²) in [5.74, 6) is -0.221. The molecule has 0 fully saturated rings. The molecule has 2 nitrogen and oxygen atoms in total. The second-order valence-electron chi connectivity index (χ2n) is 3.48. The molecule has 1 heterocycles. The lowest BCUT2D eigenvalue weighted by Gasteiger charge is -2.04. The molecule has 15 heavy (non-hydrogen) atoms. The lowest BCUT2D eigenvalue weighted by molar-refractivity contribution is 0.630. The van der Waals surface area contributed by atoms with Crippen LogP contribution in [0.4, 0.5) is 9.52 Å². The van der Waals surface area contributed by atoms with E-state index in [0.717, 1.165) is 16.0 Å². The molecule has 1 aromatic heterocycles. The van der Waals surface area contributed by atoms with Gasteiger partial charge in [0.15, 0.2) is 5.13 Å². The third kappa shape index (κ3) is 1.85. The second kappa shape index (κ2) is 3.62. The minimum absolute atomic E-state index is 0.221. The minimum Gasteiger partial charge on any atom is -0.375 e. The maximum atomic E-state index is 13.7. The highest BCUT2D eigenvalue weighted by Crippen LogP contribution is 2.31. The summed E-state index contributed by atoms with van der Waals surface area (Å²) < 4.78 is 13.7. The number of halogens is 1. The van der Waals surface area contributed by atoms with Gasteiger partial charge in [-0.25, -0.2) is 9.37 Å². The largest absolute Gasteiger partial charge is 0.375 e. The first kappa shape index (κ1) is 10.1. The topological polar surface area (TPSA) is 38.9 Å². The van der Waals surface area contributed by atoms with Crippen molar-refractivity contribution in [1.29, 1.82) is 0 Å². The van der Waals surface area contributed by atoms with Crippen molar-refractivity contribution >= 4 is 16.5 Å². The molecule has 0 unspecified atom stereocenters. The summed E-state index contributed by atoms with van der Waals surface area (Å²) in [5, 5.41) is 0.461. The van der Waals surface area contributed by atoms with Gasteiger partial charge in [-0.2, -0.15) is 0 Å². The molecule has 0 aliphatic heterocycles. The number of aromatic nitrogens is 1. The van der Waals surface area contributed by atoms with E-state index >= 15 is 0 Å². The Labute approximate surface area is 91.6 Å². The molecule has 1 aromatic carbocycles. The fraction of sp³-hybridized carbons (Fsp3) is 0.182. The third-order valence-electron chi connectivity index (χ3n) is 2.37. The van der Waals surface area contributed by atoms with E-state index in [1.54, 1.807) is 12.3 Å². The average Bonchev–Trinajstić information content (AvgIpc) is 2.58. The van der Waals surface area contributed by atoms with Crippen LogP contribution < -0.4 is 5.73 Å². The molecule has 0 aliphatic carbocycles. The number of rotatable bonds is 1. The van der Waals surface area contributed by atoms with Crippen molar-refractivity contribution in [2.75, 3.05) is 5.73 Å². The molecule has 0 amide bonds. The maximum Gasteiger partial charge on any atom is 0.180 e. The van der Waals surface area contributed by atoms with Crippen LogP contribution in [0.3, 0.4) is 0 Å². The van der Waals surface area contributed by atoms with Crippen molar-refractivity contribution in [1.82, 2.24) is 4.98 Å². The molecule has 2 aromatic rings. The van der Waals surface area contributed by atoms with E-state index < -0.39 is 0 Å². The van der Waals surface area contributed by atoms with Gasteiger partial charge in [-0.1, -0.05) is 11.3 Å². The molecule has 0 saturated carbocycles. The van der Waals surface area contributed by atoms with Crippen LogP contribution in [0.1, 0.15) is 11.1 Å². The highest BCUT2D eigenvalue weighted by molar-refractivity contribution is 7.18. The summed E-state index contributed by atoms with van der Waals surface area (Å²) in [4.78, 5) is 4.69. The first-order valence-electron chi connectivity index (χ1n) is 4.56. The van der Waals surface area contributed by atoms with Gasteiger partial charge in [0.2, 0.25) is 0 Å². The van der Waals surface area contributed by atoms with Crippen LogP contribution in [0, 0.1) is 19.7 Å². The van der Waals surface area contributed by atoms with E-state index in [2.05, 4.69) is 4.98 Å². The molecule has 4 heteroatoms. The molecular weight excluding hydrogens is 211 g/mol. The number of benzene rings is 1. The zero-order chi connectivity index (χ0) is 11.0. The summed E-state index contributed by atoms with van der Waals surface area (Å²) in [6.45, 7) is 3.85. The van der Waals surface area contributed by atoms with Gasteiger partial charge in [0, 0.05) is 11.8 Å². The third-order valence-corrected chi connectivity index (χ3v) is 3.23. The molecule has 2 rings (SSSR count). The molecule has 2 N–H and O–H groups in total. The van der Waals surface area contributed by atoms with E-state index in [4.69, 9.17) is 5.73 Å². The summed E-state index contributed by atoms with van der Waals surface area (Å²) in [5.41, 5.74) is 8.12. The highest BCUT2D eigenvalue weighted by Gasteiger charge is 2.09. The predicted molar refractivity (Wildman–Crippen MR) is 61.4 cm³/mol. The lowest BCUT2D eigenvalue weighted by atomic mass is 10.1. The van der Waals surface area contributed by atoms with Crippen LogP contribution in [-0.2, 0) is 0 Å². The summed E-state index contributed by atoms with van der Waals surface area (Å²) in [7, 11) is 0. The van der Waals surface area contributed by atoms with Crippen molar-refractivity contribution < 1.29 is 4.39 Å². The number of anilines is 1. The zero-order valence-electron chi connectivity index (χ0n) is 8.54. The van der Waals surface area contributed by atoms with Gasteiger partial charge in [0.05, 0.1) is 4.88 Å². The van der Waals surface area contributed by atoms with E-state index in [9.17, 15) is 4.39 Å². The number of aryl methyl sites for hydroxylation is 2. The minimum atomic E-state index is -0.221. The van der Waals surface area contributed by atoms with Gasteiger partial charge in [-0.15, -0.1) is 0 Å². The smallest absolute Gasteiger partial charge is 0.180 e. The Kier molecular flexibility index (Phi) is 2.44. The predicted octanol–water partition coefficient (Wildman–Crippen LogP) is 3.15. The lowest BCUT2D eigenvalue weighted by Crippen LogP contribution is -1.87. The van der Waals surface area contributed by atoms with E-state index in [1.807, 2.05) is 19.9 Å². The molecule has 0 saturated heterocycles. The van der Waals surface area contributed by atoms with Crippen LogP contribution >= 0.6 is 11.3 Å². The standard InChI is InChI=1S/C11H11FN2S/c1-6-3-8(9(12)4-7(6)2)10-5-14-11(13)15-10/h3-5H,1-2H3,(H2,13,14). The highest BCUT2D eigenvalue weighted by atomic mass is 32.1. The molecule has 0 radical (unpaired) electrons. The summed E-state index contributed by atoms with van der Waals surface area (Å²) in [6, 6.07) is 3.37. The van der Waals surface area contributed by atoms with Gasteiger partial charge in [-0.3, -0.25) is 0 Å². The van der Waals surface area contributed by atoms with Gasteiger partial charge in [0.1, 0.15) is 5.82 Å². The zero-order valence-corrected chi connectivity index (χ0v) is 9.36. The number of nitrogens with zero attached hydrogens (tertiary/aromatic N) is 1. The first-order chi connectivity index (χ1) is 7.08. The van der Waals surface area contributed by atoms with Gasteiger partial charge >= 0.3 is 0 Å².